The van der Waals surface area contributed by atoms with E-state index in [1.165, 1.54) is 0 Å². The van der Waals surface area contributed by atoms with Crippen LogP contribution in [0, 0.1) is 3.57 Å². The average molecular weight is 357 g/mol. The van der Waals surface area contributed by atoms with Gasteiger partial charge in [-0.25, -0.2) is 9.97 Å². The lowest BCUT2D eigenvalue weighted by atomic mass is 10.2. The zero-order valence-electron chi connectivity index (χ0n) is 10.7. The zero-order chi connectivity index (χ0) is 13.3. The van der Waals surface area contributed by atoms with E-state index in [0.717, 1.165) is 33.4 Å². The lowest BCUT2D eigenvalue weighted by Crippen LogP contribution is -2.04. The summed E-state index contributed by atoms with van der Waals surface area (Å²) in [5.74, 6) is 1.22. The maximum Gasteiger partial charge on any atom is 0.165 e. The molecule has 0 aliphatic heterocycles. The molecule has 0 amide bonds. The van der Waals surface area contributed by atoms with Gasteiger partial charge in [-0.1, -0.05) is 13.8 Å². The molecule has 0 aliphatic rings. The number of aromatic nitrogens is 4. The third kappa shape index (κ3) is 2.33. The van der Waals surface area contributed by atoms with Crippen LogP contribution in [0.1, 0.15) is 25.2 Å². The molecule has 18 heavy (non-hydrogen) atoms. The minimum absolute atomic E-state index is 0.545. The number of hydrogen-bond donors (Lipinski definition) is 1. The fraction of sp³-hybridized carbons (Fsp3) is 0.417. The monoisotopic (exact) mass is 357 g/mol. The fourth-order valence-electron chi connectivity index (χ4n) is 1.85. The summed E-state index contributed by atoms with van der Waals surface area (Å²) < 4.78 is 2.73. The topological polar surface area (TPSA) is 69.6 Å². The Kier molecular flexibility index (Phi) is 3.84. The number of nitrogens with two attached hydrogens (primary N) is 1. The van der Waals surface area contributed by atoms with Gasteiger partial charge in [0.05, 0.1) is 20.5 Å². The van der Waals surface area contributed by atoms with E-state index in [1.54, 1.807) is 4.68 Å². The van der Waals surface area contributed by atoms with Crippen LogP contribution in [-0.2, 0) is 19.9 Å². The molecule has 96 valence electrons. The van der Waals surface area contributed by atoms with E-state index in [0.29, 0.717) is 11.6 Å². The zero-order valence-corrected chi connectivity index (χ0v) is 12.9. The van der Waals surface area contributed by atoms with Crippen molar-refractivity contribution in [1.82, 2.24) is 19.7 Å². The Morgan fingerprint density at radius 2 is 1.89 bits per heavy atom. The molecule has 2 rings (SSSR count). The number of nitrogens with zero attached hydrogens (tertiary/aromatic N) is 4. The van der Waals surface area contributed by atoms with Crippen LogP contribution in [0.15, 0.2) is 6.20 Å². The molecule has 0 atom stereocenters. The summed E-state index contributed by atoms with van der Waals surface area (Å²) in [5, 5.41) is 4.41. The molecule has 2 heterocycles. The summed E-state index contributed by atoms with van der Waals surface area (Å²) in [4.78, 5) is 8.97. The third-order valence-electron chi connectivity index (χ3n) is 2.76. The Hall–Kier alpha value is -1.18. The third-order valence-corrected chi connectivity index (χ3v) is 3.94. The Morgan fingerprint density at radius 3 is 2.50 bits per heavy atom. The highest BCUT2D eigenvalue weighted by atomic mass is 127. The van der Waals surface area contributed by atoms with Gasteiger partial charge in [-0.2, -0.15) is 5.10 Å². The van der Waals surface area contributed by atoms with Gasteiger partial charge in [-0.3, -0.25) is 4.68 Å². The van der Waals surface area contributed by atoms with Crippen LogP contribution >= 0.6 is 22.6 Å². The van der Waals surface area contributed by atoms with Crippen LogP contribution in [0.2, 0.25) is 0 Å². The number of halogens is 1. The van der Waals surface area contributed by atoms with Crippen molar-refractivity contribution in [1.29, 1.82) is 0 Å². The van der Waals surface area contributed by atoms with Gasteiger partial charge < -0.3 is 5.73 Å². The molecule has 2 aromatic heterocycles. The van der Waals surface area contributed by atoms with E-state index < -0.39 is 0 Å². The summed E-state index contributed by atoms with van der Waals surface area (Å²) in [5.41, 5.74) is 8.91. The van der Waals surface area contributed by atoms with E-state index in [1.807, 2.05) is 13.2 Å². The summed E-state index contributed by atoms with van der Waals surface area (Å²) in [6.07, 6.45) is 3.65. The molecule has 2 aromatic rings. The number of rotatable bonds is 3. The second-order valence-corrected chi connectivity index (χ2v) is 5.14. The van der Waals surface area contributed by atoms with Crippen molar-refractivity contribution in [2.75, 3.05) is 5.73 Å². The summed E-state index contributed by atoms with van der Waals surface area (Å²) in [7, 11) is 1.90. The molecule has 6 heteroatoms. The second-order valence-electron chi connectivity index (χ2n) is 4.06. The van der Waals surface area contributed by atoms with Gasteiger partial charge in [0.25, 0.3) is 0 Å². The summed E-state index contributed by atoms with van der Waals surface area (Å²) in [6, 6.07) is 0. The van der Waals surface area contributed by atoms with Crippen LogP contribution in [0.4, 0.5) is 5.82 Å². The largest absolute Gasteiger partial charge is 0.383 e. The fourth-order valence-corrected chi connectivity index (χ4v) is 2.47. The van der Waals surface area contributed by atoms with Crippen LogP contribution in [0.25, 0.3) is 11.4 Å². The first-order valence-electron chi connectivity index (χ1n) is 5.91. The predicted octanol–water partition coefficient (Wildman–Crippen LogP) is 2.19. The molecule has 0 saturated heterocycles. The van der Waals surface area contributed by atoms with Crippen molar-refractivity contribution in [3.8, 4) is 11.4 Å². The minimum Gasteiger partial charge on any atom is -0.383 e. The Balaban J connectivity index is 2.60. The first kappa shape index (κ1) is 13.3. The van der Waals surface area contributed by atoms with Crippen LogP contribution < -0.4 is 5.73 Å². The van der Waals surface area contributed by atoms with Crippen molar-refractivity contribution in [3.05, 3.63) is 21.2 Å². The predicted molar refractivity (Wildman–Crippen MR) is 80.1 cm³/mol. The van der Waals surface area contributed by atoms with Gasteiger partial charge in [-0.05, 0) is 35.4 Å². The number of hydrogen-bond acceptors (Lipinski definition) is 4. The first-order valence-corrected chi connectivity index (χ1v) is 6.99. The number of nitrogen functional groups attached to an aromatic ring is 1. The highest BCUT2D eigenvalue weighted by molar-refractivity contribution is 14.1. The maximum absolute atomic E-state index is 5.95. The quantitative estimate of drug-likeness (QED) is 0.855. The molecular formula is C12H16IN5. The van der Waals surface area contributed by atoms with Gasteiger partial charge in [0.2, 0.25) is 0 Å². The van der Waals surface area contributed by atoms with Gasteiger partial charge in [0, 0.05) is 13.2 Å². The highest BCUT2D eigenvalue weighted by Gasteiger charge is 2.15. The van der Waals surface area contributed by atoms with E-state index >= 15 is 0 Å². The van der Waals surface area contributed by atoms with Crippen LogP contribution in [0.5, 0.6) is 0 Å². The van der Waals surface area contributed by atoms with Crippen molar-refractivity contribution >= 4 is 28.4 Å². The van der Waals surface area contributed by atoms with Gasteiger partial charge in [-0.15, -0.1) is 0 Å². The number of anilines is 1. The molecule has 0 bridgehead atoms. The number of aryl methyl sites for hydroxylation is 3. The molecule has 0 spiro atoms. The first-order chi connectivity index (χ1) is 8.56. The molecular weight excluding hydrogens is 341 g/mol. The van der Waals surface area contributed by atoms with Crippen molar-refractivity contribution in [2.24, 2.45) is 7.05 Å². The Morgan fingerprint density at radius 1 is 1.22 bits per heavy atom. The minimum atomic E-state index is 0.545. The smallest absolute Gasteiger partial charge is 0.165 e. The molecule has 0 fully saturated rings. The molecule has 2 N–H and O–H groups in total. The lowest BCUT2D eigenvalue weighted by molar-refractivity contribution is 0.746. The normalized spacial score (nSPS) is 10.9. The van der Waals surface area contributed by atoms with Gasteiger partial charge in [0.15, 0.2) is 5.82 Å². The van der Waals surface area contributed by atoms with E-state index in [2.05, 4.69) is 51.5 Å². The molecule has 0 saturated carbocycles. The van der Waals surface area contributed by atoms with E-state index in [-0.39, 0.29) is 0 Å². The van der Waals surface area contributed by atoms with Crippen LogP contribution in [-0.4, -0.2) is 19.7 Å². The summed E-state index contributed by atoms with van der Waals surface area (Å²) in [6.45, 7) is 4.14. The highest BCUT2D eigenvalue weighted by Crippen LogP contribution is 2.24. The SMILES string of the molecule is CCc1nn(C)cc1-c1nc(N)c(I)c(CC)n1. The molecule has 0 unspecified atom stereocenters. The summed E-state index contributed by atoms with van der Waals surface area (Å²) >= 11 is 2.19. The molecule has 0 radical (unpaired) electrons. The molecule has 5 nitrogen and oxygen atoms in total. The lowest BCUT2D eigenvalue weighted by Gasteiger charge is -2.07. The van der Waals surface area contributed by atoms with Crippen molar-refractivity contribution in [2.45, 2.75) is 26.7 Å². The maximum atomic E-state index is 5.95. The van der Waals surface area contributed by atoms with E-state index in [4.69, 9.17) is 5.73 Å². The van der Waals surface area contributed by atoms with Crippen LogP contribution in [0.3, 0.4) is 0 Å². The van der Waals surface area contributed by atoms with E-state index in [9.17, 15) is 0 Å². The molecule has 0 aliphatic carbocycles. The Labute approximate surface area is 120 Å². The van der Waals surface area contributed by atoms with Crippen molar-refractivity contribution in [3.63, 3.8) is 0 Å². The molecule has 0 aromatic carbocycles. The average Bonchev–Trinajstić information content (AvgIpc) is 2.73. The van der Waals surface area contributed by atoms with Crippen molar-refractivity contribution < 1.29 is 0 Å². The second kappa shape index (κ2) is 5.21. The van der Waals surface area contributed by atoms with Gasteiger partial charge in [0.1, 0.15) is 5.82 Å². The standard InChI is InChI=1S/C12H16IN5/c1-4-8-7(6-18(3)17-8)12-15-9(5-2)10(13)11(14)16-12/h6H,4-5H2,1-3H3,(H2,14,15,16). The van der Waals surface area contributed by atoms with Gasteiger partial charge >= 0.3 is 0 Å². The Bertz CT molecular complexity index is 576.